The Morgan fingerprint density at radius 2 is 1.85 bits per heavy atom. The SMILES string of the molecule is CC1C[C@H](C(=O)NC2CCCS(=O)(=O)C2)[C@H](C(=O)O)C1. The number of sulfone groups is 1. The zero-order valence-corrected chi connectivity index (χ0v) is 12.4. The fourth-order valence-corrected chi connectivity index (χ4v) is 4.94. The van der Waals surface area contributed by atoms with Crippen LogP contribution in [0.25, 0.3) is 0 Å². The number of nitrogens with one attached hydrogen (secondary N) is 1. The highest BCUT2D eigenvalue weighted by Crippen LogP contribution is 2.36. The Hall–Kier alpha value is -1.11. The van der Waals surface area contributed by atoms with Crippen molar-refractivity contribution in [1.29, 1.82) is 0 Å². The van der Waals surface area contributed by atoms with Gasteiger partial charge < -0.3 is 10.4 Å². The van der Waals surface area contributed by atoms with Crippen LogP contribution in [0, 0.1) is 17.8 Å². The van der Waals surface area contributed by atoms with E-state index in [-0.39, 0.29) is 29.4 Å². The van der Waals surface area contributed by atoms with Crippen molar-refractivity contribution in [2.75, 3.05) is 11.5 Å². The second-order valence-corrected chi connectivity index (χ2v) is 8.32. The van der Waals surface area contributed by atoms with Gasteiger partial charge in [-0.05, 0) is 31.6 Å². The van der Waals surface area contributed by atoms with Gasteiger partial charge in [0.25, 0.3) is 0 Å². The molecule has 1 saturated heterocycles. The third kappa shape index (κ3) is 3.50. The zero-order chi connectivity index (χ0) is 14.9. The van der Waals surface area contributed by atoms with Crippen molar-refractivity contribution in [3.05, 3.63) is 0 Å². The largest absolute Gasteiger partial charge is 0.481 e. The molecule has 114 valence electrons. The van der Waals surface area contributed by atoms with Crippen molar-refractivity contribution in [2.45, 2.75) is 38.6 Å². The van der Waals surface area contributed by atoms with Gasteiger partial charge in [0.1, 0.15) is 0 Å². The number of aliphatic carboxylic acids is 1. The van der Waals surface area contributed by atoms with Crippen LogP contribution in [0.5, 0.6) is 0 Å². The van der Waals surface area contributed by atoms with E-state index in [0.29, 0.717) is 25.7 Å². The average Bonchev–Trinajstić information content (AvgIpc) is 2.70. The second kappa shape index (κ2) is 5.71. The molecule has 1 aliphatic heterocycles. The quantitative estimate of drug-likeness (QED) is 0.787. The zero-order valence-electron chi connectivity index (χ0n) is 11.5. The summed E-state index contributed by atoms with van der Waals surface area (Å²) in [6.07, 6.45) is 2.26. The van der Waals surface area contributed by atoms with Crippen LogP contribution in [-0.4, -0.2) is 42.9 Å². The van der Waals surface area contributed by atoms with Crippen LogP contribution in [0.2, 0.25) is 0 Å². The Morgan fingerprint density at radius 1 is 1.20 bits per heavy atom. The number of hydrogen-bond donors (Lipinski definition) is 2. The number of carboxylic acid groups (broad SMARTS) is 1. The standard InChI is InChI=1S/C13H21NO5S/c1-8-5-10(11(6-8)13(16)17)12(15)14-9-3-2-4-20(18,19)7-9/h8-11H,2-7H2,1H3,(H,14,15)(H,16,17)/t8?,9?,10-,11+/m0/s1. The minimum atomic E-state index is -3.07. The summed E-state index contributed by atoms with van der Waals surface area (Å²) in [7, 11) is -3.07. The number of carbonyl (C=O) groups excluding carboxylic acids is 1. The first-order valence-electron chi connectivity index (χ1n) is 7.02. The van der Waals surface area contributed by atoms with E-state index in [1.807, 2.05) is 6.92 Å². The lowest BCUT2D eigenvalue weighted by Crippen LogP contribution is -2.46. The lowest BCUT2D eigenvalue weighted by molar-refractivity contribution is -0.146. The molecule has 1 amide bonds. The van der Waals surface area contributed by atoms with Crippen LogP contribution in [0.4, 0.5) is 0 Å². The third-order valence-corrected chi connectivity index (χ3v) is 6.08. The molecule has 20 heavy (non-hydrogen) atoms. The van der Waals surface area contributed by atoms with Gasteiger partial charge in [-0.2, -0.15) is 0 Å². The Morgan fingerprint density at radius 3 is 2.45 bits per heavy atom. The number of hydrogen-bond acceptors (Lipinski definition) is 4. The summed E-state index contributed by atoms with van der Waals surface area (Å²) in [5.41, 5.74) is 0. The summed E-state index contributed by atoms with van der Waals surface area (Å²) in [5.74, 6) is -2.06. The predicted octanol–water partition coefficient (Wildman–Crippen LogP) is 0.427. The van der Waals surface area contributed by atoms with E-state index in [9.17, 15) is 18.0 Å². The van der Waals surface area contributed by atoms with Crippen LogP contribution >= 0.6 is 0 Å². The van der Waals surface area contributed by atoms with E-state index in [0.717, 1.165) is 0 Å². The highest BCUT2D eigenvalue weighted by molar-refractivity contribution is 7.91. The van der Waals surface area contributed by atoms with Gasteiger partial charge in [0.05, 0.1) is 23.3 Å². The fourth-order valence-electron chi connectivity index (χ4n) is 3.30. The smallest absolute Gasteiger partial charge is 0.307 e. The van der Waals surface area contributed by atoms with Crippen molar-refractivity contribution in [3.63, 3.8) is 0 Å². The molecule has 6 nitrogen and oxygen atoms in total. The molecule has 2 fully saturated rings. The van der Waals surface area contributed by atoms with Crippen LogP contribution < -0.4 is 5.32 Å². The number of carbonyl (C=O) groups is 2. The molecule has 7 heteroatoms. The van der Waals surface area contributed by atoms with Crippen LogP contribution in [0.1, 0.15) is 32.6 Å². The topological polar surface area (TPSA) is 101 Å². The van der Waals surface area contributed by atoms with E-state index in [1.165, 1.54) is 0 Å². The van der Waals surface area contributed by atoms with Gasteiger partial charge in [0, 0.05) is 6.04 Å². The van der Waals surface area contributed by atoms with Gasteiger partial charge in [0.2, 0.25) is 5.91 Å². The normalized spacial score (nSPS) is 36.5. The molecule has 4 atom stereocenters. The molecule has 1 saturated carbocycles. The molecule has 0 spiro atoms. The van der Waals surface area contributed by atoms with Crippen molar-refractivity contribution in [1.82, 2.24) is 5.32 Å². The number of amides is 1. The van der Waals surface area contributed by atoms with Crippen molar-refractivity contribution in [3.8, 4) is 0 Å². The van der Waals surface area contributed by atoms with Crippen molar-refractivity contribution >= 4 is 21.7 Å². The Kier molecular flexibility index (Phi) is 4.36. The Balaban J connectivity index is 1.99. The third-order valence-electron chi connectivity index (χ3n) is 4.26. The van der Waals surface area contributed by atoms with E-state index in [2.05, 4.69) is 5.32 Å². The summed E-state index contributed by atoms with van der Waals surface area (Å²) >= 11 is 0. The number of carboxylic acids is 1. The Bertz CT molecular complexity index is 501. The molecule has 0 radical (unpaired) electrons. The van der Waals surface area contributed by atoms with Crippen molar-refractivity contribution in [2.24, 2.45) is 17.8 Å². The maximum absolute atomic E-state index is 12.2. The molecule has 0 aromatic carbocycles. The van der Waals surface area contributed by atoms with Gasteiger partial charge >= 0.3 is 5.97 Å². The maximum Gasteiger partial charge on any atom is 0.307 e. The first-order chi connectivity index (χ1) is 9.28. The van der Waals surface area contributed by atoms with Crippen LogP contribution in [-0.2, 0) is 19.4 Å². The van der Waals surface area contributed by atoms with E-state index in [1.54, 1.807) is 0 Å². The minimum absolute atomic E-state index is 0.0290. The molecular formula is C13H21NO5S. The molecule has 1 heterocycles. The average molecular weight is 303 g/mol. The molecule has 2 rings (SSSR count). The lowest BCUT2D eigenvalue weighted by Gasteiger charge is -2.25. The second-order valence-electron chi connectivity index (χ2n) is 6.09. The molecule has 2 N–H and O–H groups in total. The van der Waals surface area contributed by atoms with Gasteiger partial charge in [-0.1, -0.05) is 6.92 Å². The highest BCUT2D eigenvalue weighted by Gasteiger charge is 2.42. The first-order valence-corrected chi connectivity index (χ1v) is 8.84. The molecule has 1 aliphatic carbocycles. The summed E-state index contributed by atoms with van der Waals surface area (Å²) < 4.78 is 23.1. The molecule has 2 aliphatic rings. The van der Waals surface area contributed by atoms with E-state index >= 15 is 0 Å². The summed E-state index contributed by atoms with van der Waals surface area (Å²) in [6, 6.07) is -0.369. The Labute approximate surface area is 118 Å². The summed E-state index contributed by atoms with van der Waals surface area (Å²) in [6.45, 7) is 1.94. The molecular weight excluding hydrogens is 282 g/mol. The monoisotopic (exact) mass is 303 g/mol. The predicted molar refractivity (Wildman–Crippen MR) is 72.8 cm³/mol. The fraction of sp³-hybridized carbons (Fsp3) is 0.846. The minimum Gasteiger partial charge on any atom is -0.481 e. The highest BCUT2D eigenvalue weighted by atomic mass is 32.2. The number of rotatable bonds is 3. The summed E-state index contributed by atoms with van der Waals surface area (Å²) in [4.78, 5) is 23.4. The van der Waals surface area contributed by atoms with Gasteiger partial charge in [-0.25, -0.2) is 8.42 Å². The molecule has 0 aromatic heterocycles. The van der Waals surface area contributed by atoms with Gasteiger partial charge in [-0.15, -0.1) is 0 Å². The van der Waals surface area contributed by atoms with E-state index < -0.39 is 27.6 Å². The van der Waals surface area contributed by atoms with Crippen LogP contribution in [0.3, 0.4) is 0 Å². The van der Waals surface area contributed by atoms with Gasteiger partial charge in [-0.3, -0.25) is 9.59 Å². The maximum atomic E-state index is 12.2. The first kappa shape index (κ1) is 15.3. The lowest BCUT2D eigenvalue weighted by atomic mass is 9.95. The summed E-state index contributed by atoms with van der Waals surface area (Å²) in [5, 5.41) is 11.9. The molecule has 0 bridgehead atoms. The van der Waals surface area contributed by atoms with Crippen LogP contribution in [0.15, 0.2) is 0 Å². The van der Waals surface area contributed by atoms with E-state index in [4.69, 9.17) is 5.11 Å². The molecule has 0 aromatic rings. The van der Waals surface area contributed by atoms with Crippen molar-refractivity contribution < 1.29 is 23.1 Å². The van der Waals surface area contributed by atoms with Gasteiger partial charge in [0.15, 0.2) is 9.84 Å². The molecule has 2 unspecified atom stereocenters.